The molecule has 3 nitrogen and oxygen atoms in total. The molecule has 0 spiro atoms. The van der Waals surface area contributed by atoms with E-state index >= 15 is 0 Å². The molecule has 0 bridgehead atoms. The zero-order valence-corrected chi connectivity index (χ0v) is 25.3. The van der Waals surface area contributed by atoms with Crippen LogP contribution in [0.2, 0.25) is 0 Å². The Morgan fingerprint density at radius 2 is 0.884 bits per heavy atom. The molecule has 0 saturated carbocycles. The summed E-state index contributed by atoms with van der Waals surface area (Å²) >= 11 is 0. The van der Waals surface area contributed by atoms with Crippen molar-refractivity contribution in [2.45, 2.75) is 0 Å². The fourth-order valence-electron chi connectivity index (χ4n) is 5.59. The summed E-state index contributed by atoms with van der Waals surface area (Å²) in [5, 5.41) is 10.1. The minimum absolute atomic E-state index is 0. The molecule has 202 valence electrons. The van der Waals surface area contributed by atoms with Gasteiger partial charge in [0.15, 0.2) is 0 Å². The van der Waals surface area contributed by atoms with Gasteiger partial charge in [0.1, 0.15) is 0 Å². The normalized spacial score (nSPS) is 11.1. The Bertz CT molecular complexity index is 2260. The number of pyridine rings is 3. The van der Waals surface area contributed by atoms with Gasteiger partial charge >= 0.3 is 20.1 Å². The molecule has 0 radical (unpaired) electrons. The Kier molecular flexibility index (Phi) is 7.08. The first-order valence-corrected chi connectivity index (χ1v) is 13.9. The number of nitrogens with zero attached hydrogens (tertiary/aromatic N) is 3. The first kappa shape index (κ1) is 26.9. The van der Waals surface area contributed by atoms with Crippen molar-refractivity contribution in [2.75, 3.05) is 0 Å². The van der Waals surface area contributed by atoms with E-state index in [1.165, 1.54) is 10.8 Å². The Morgan fingerprint density at radius 3 is 1.53 bits per heavy atom. The first-order valence-electron chi connectivity index (χ1n) is 13.9. The van der Waals surface area contributed by atoms with Gasteiger partial charge in [-0.05, 0) is 45.0 Å². The van der Waals surface area contributed by atoms with Gasteiger partial charge in [-0.2, -0.15) is 0 Å². The van der Waals surface area contributed by atoms with E-state index in [1.54, 1.807) is 0 Å². The van der Waals surface area contributed by atoms with Gasteiger partial charge in [-0.15, -0.1) is 88.3 Å². The summed E-state index contributed by atoms with van der Waals surface area (Å²) in [5.41, 5.74) is 4.86. The quantitative estimate of drug-likeness (QED) is 0.125. The minimum atomic E-state index is 0. The van der Waals surface area contributed by atoms with E-state index in [0.29, 0.717) is 0 Å². The molecule has 3 aromatic heterocycles. The molecule has 0 aliphatic carbocycles. The van der Waals surface area contributed by atoms with Crippen LogP contribution in [0.4, 0.5) is 0 Å². The maximum Gasteiger partial charge on any atom is 3.00 e. The molecule has 9 aromatic rings. The summed E-state index contributed by atoms with van der Waals surface area (Å²) in [5.74, 6) is 0. The number of hydrogen-bond acceptors (Lipinski definition) is 3. The third-order valence-corrected chi connectivity index (χ3v) is 7.67. The van der Waals surface area contributed by atoms with Crippen LogP contribution in [0.3, 0.4) is 0 Å². The van der Waals surface area contributed by atoms with Gasteiger partial charge < -0.3 is 9.97 Å². The number of fused-ring (bicyclic) bond motifs is 9. The standard InChI is InChI=1S/C26H14N2.C13H8N.Ir/c1-2-6-22-17(4-1)7-11-20-13-14-24(28-26(20)22)21-12-9-18-8-10-19-5-3-15-27-25(19)23(18)16-21;1-2-6-12-10(4-1)7-8-11-5-3-9-14-13(11)12;/h1-5,7-15H;1-5,7-9H;/q-2;-1;+3. The maximum atomic E-state index is 4.98. The second-order valence-electron chi connectivity index (χ2n) is 10.2. The molecule has 43 heavy (non-hydrogen) atoms. The summed E-state index contributed by atoms with van der Waals surface area (Å²) in [4.78, 5) is 13.9. The van der Waals surface area contributed by atoms with Gasteiger partial charge in [0.2, 0.25) is 0 Å². The van der Waals surface area contributed by atoms with Crippen LogP contribution in [-0.4, -0.2) is 15.0 Å². The van der Waals surface area contributed by atoms with Crippen molar-refractivity contribution >= 4 is 65.0 Å². The smallest absolute Gasteiger partial charge is 0.335 e. The summed E-state index contributed by atoms with van der Waals surface area (Å²) in [7, 11) is 0. The van der Waals surface area contributed by atoms with Gasteiger partial charge in [0.05, 0.1) is 0 Å². The molecule has 0 unspecified atom stereocenters. The summed E-state index contributed by atoms with van der Waals surface area (Å²) < 4.78 is 0. The van der Waals surface area contributed by atoms with Gasteiger partial charge in [0, 0.05) is 17.9 Å². The van der Waals surface area contributed by atoms with E-state index in [0.717, 1.165) is 65.5 Å². The summed E-state index contributed by atoms with van der Waals surface area (Å²) in [6.45, 7) is 0. The molecule has 0 atom stereocenters. The second-order valence-corrected chi connectivity index (χ2v) is 10.2. The van der Waals surface area contributed by atoms with Gasteiger partial charge in [-0.1, -0.05) is 77.0 Å². The summed E-state index contributed by atoms with van der Waals surface area (Å²) in [6, 6.07) is 51.3. The zero-order valence-electron chi connectivity index (χ0n) is 22.9. The van der Waals surface area contributed by atoms with Gasteiger partial charge in [-0.25, -0.2) is 0 Å². The van der Waals surface area contributed by atoms with Crippen molar-refractivity contribution in [3.8, 4) is 11.3 Å². The third-order valence-electron chi connectivity index (χ3n) is 7.67. The van der Waals surface area contributed by atoms with Crippen molar-refractivity contribution in [1.29, 1.82) is 0 Å². The molecule has 0 amide bonds. The van der Waals surface area contributed by atoms with E-state index < -0.39 is 0 Å². The molecule has 0 aliphatic rings. The zero-order chi connectivity index (χ0) is 27.9. The van der Waals surface area contributed by atoms with Crippen molar-refractivity contribution in [2.24, 2.45) is 0 Å². The molecular formula is C39H22IrN3. The van der Waals surface area contributed by atoms with E-state index in [9.17, 15) is 0 Å². The number of aromatic nitrogens is 3. The van der Waals surface area contributed by atoms with E-state index in [4.69, 9.17) is 4.98 Å². The monoisotopic (exact) mass is 725 g/mol. The molecule has 9 rings (SSSR count). The van der Waals surface area contributed by atoms with Crippen molar-refractivity contribution in [1.82, 2.24) is 15.0 Å². The fraction of sp³-hybridized carbons (Fsp3) is 0. The molecule has 0 fully saturated rings. The molecular weight excluding hydrogens is 703 g/mol. The van der Waals surface area contributed by atoms with Crippen LogP contribution in [0.1, 0.15) is 0 Å². The topological polar surface area (TPSA) is 38.7 Å². The van der Waals surface area contributed by atoms with Crippen molar-refractivity contribution in [3.05, 3.63) is 152 Å². The average molecular weight is 725 g/mol. The van der Waals surface area contributed by atoms with E-state index in [1.807, 2.05) is 48.8 Å². The number of benzene rings is 6. The molecule has 0 saturated heterocycles. The molecule has 4 heteroatoms. The van der Waals surface area contributed by atoms with E-state index in [-0.39, 0.29) is 20.1 Å². The minimum Gasteiger partial charge on any atom is -0.335 e. The van der Waals surface area contributed by atoms with Crippen molar-refractivity contribution in [3.63, 3.8) is 0 Å². The Labute approximate surface area is 262 Å². The largest absolute Gasteiger partial charge is 3.00 e. The van der Waals surface area contributed by atoms with E-state index in [2.05, 4.69) is 113 Å². The van der Waals surface area contributed by atoms with Crippen LogP contribution < -0.4 is 0 Å². The Hall–Kier alpha value is -5.02. The van der Waals surface area contributed by atoms with Gasteiger partial charge in [0.25, 0.3) is 0 Å². The summed E-state index contributed by atoms with van der Waals surface area (Å²) in [6.07, 6.45) is 3.65. The second kappa shape index (κ2) is 11.3. The Morgan fingerprint density at radius 1 is 0.419 bits per heavy atom. The van der Waals surface area contributed by atoms with Crippen LogP contribution in [0.15, 0.2) is 134 Å². The van der Waals surface area contributed by atoms with Crippen LogP contribution in [-0.2, 0) is 20.1 Å². The first-order chi connectivity index (χ1) is 20.8. The molecule has 3 heterocycles. The van der Waals surface area contributed by atoms with Crippen molar-refractivity contribution < 1.29 is 20.1 Å². The maximum absolute atomic E-state index is 4.98. The van der Waals surface area contributed by atoms with Gasteiger partial charge in [-0.3, -0.25) is 4.98 Å². The predicted octanol–water partition coefficient (Wildman–Crippen LogP) is 9.54. The van der Waals surface area contributed by atoms with Crippen LogP contribution in [0, 0.1) is 18.2 Å². The molecule has 6 aromatic carbocycles. The Balaban J connectivity index is 0.000000169. The molecule has 0 N–H and O–H groups in total. The third kappa shape index (κ3) is 4.91. The SMILES string of the molecule is [Ir+3].[c-]1c(-c2ccc3ccc4ccc[c-]c4c3n2)ccc2ccc3cccnc3c12.[c-]1cccc2ccc3cccnc3c12. The molecule has 0 aliphatic heterocycles. The van der Waals surface area contributed by atoms with Crippen LogP contribution >= 0.6 is 0 Å². The number of rotatable bonds is 1. The predicted molar refractivity (Wildman–Crippen MR) is 173 cm³/mol. The van der Waals surface area contributed by atoms with Crippen LogP contribution in [0.25, 0.3) is 76.3 Å². The fourth-order valence-corrected chi connectivity index (χ4v) is 5.59. The average Bonchev–Trinajstić information content (AvgIpc) is 3.08. The number of hydrogen-bond donors (Lipinski definition) is 0. The van der Waals surface area contributed by atoms with Crippen LogP contribution in [0.5, 0.6) is 0 Å².